The number of aryl methyl sites for hydroxylation is 1. The third-order valence-electron chi connectivity index (χ3n) is 3.65. The molecule has 2 heterocycles. The number of nitrogens with zero attached hydrogens (tertiary/aromatic N) is 2. The van der Waals surface area contributed by atoms with E-state index in [1.165, 1.54) is 29.8 Å². The Morgan fingerprint density at radius 2 is 1.94 bits per heavy atom. The van der Waals surface area contributed by atoms with Gasteiger partial charge in [0.15, 0.2) is 0 Å². The molecule has 3 heteroatoms. The normalized spacial score (nSPS) is 18.3. The Morgan fingerprint density at radius 1 is 1.31 bits per heavy atom. The molecule has 0 atom stereocenters. The highest BCUT2D eigenvalue weighted by Crippen LogP contribution is 2.30. The summed E-state index contributed by atoms with van der Waals surface area (Å²) in [6.45, 7) is 9.00. The first-order chi connectivity index (χ1) is 7.61. The smallest absolute Gasteiger partial charge is 0.0688 e. The van der Waals surface area contributed by atoms with Crippen molar-refractivity contribution in [1.82, 2.24) is 15.1 Å². The van der Waals surface area contributed by atoms with E-state index in [2.05, 4.69) is 37.8 Å². The lowest BCUT2D eigenvalue weighted by molar-refractivity contribution is 0.448. The number of aromatic nitrogens is 2. The molecule has 1 N–H and O–H groups in total. The number of hydrogen-bond acceptors (Lipinski definition) is 2. The van der Waals surface area contributed by atoms with Crippen LogP contribution in [0.5, 0.6) is 0 Å². The van der Waals surface area contributed by atoms with Crippen LogP contribution in [0.25, 0.3) is 0 Å². The van der Waals surface area contributed by atoms with Crippen LogP contribution in [0.4, 0.5) is 0 Å². The van der Waals surface area contributed by atoms with E-state index in [4.69, 9.17) is 5.10 Å². The van der Waals surface area contributed by atoms with Gasteiger partial charge in [0.2, 0.25) is 0 Å². The highest BCUT2D eigenvalue weighted by atomic mass is 15.3. The van der Waals surface area contributed by atoms with Crippen LogP contribution in [0.3, 0.4) is 0 Å². The minimum absolute atomic E-state index is 0.563. The molecule has 1 saturated heterocycles. The largest absolute Gasteiger partial charge is 0.317 e. The van der Waals surface area contributed by atoms with Crippen molar-refractivity contribution >= 4 is 0 Å². The summed E-state index contributed by atoms with van der Waals surface area (Å²) in [6.07, 6.45) is 2.46. The van der Waals surface area contributed by atoms with E-state index < -0.39 is 0 Å². The van der Waals surface area contributed by atoms with Gasteiger partial charge in [0.05, 0.1) is 5.69 Å². The molecule has 1 aromatic heterocycles. The van der Waals surface area contributed by atoms with Gasteiger partial charge >= 0.3 is 0 Å². The van der Waals surface area contributed by atoms with Gasteiger partial charge in [-0.2, -0.15) is 5.10 Å². The third kappa shape index (κ3) is 2.01. The first kappa shape index (κ1) is 11.6. The molecule has 16 heavy (non-hydrogen) atoms. The highest BCUT2D eigenvalue weighted by molar-refractivity contribution is 5.30. The van der Waals surface area contributed by atoms with Crippen LogP contribution >= 0.6 is 0 Å². The summed E-state index contributed by atoms with van der Waals surface area (Å²) >= 11 is 0. The van der Waals surface area contributed by atoms with Crippen molar-refractivity contribution in [2.24, 2.45) is 7.05 Å². The van der Waals surface area contributed by atoms with Crippen molar-refractivity contribution in [2.45, 2.75) is 45.4 Å². The monoisotopic (exact) mass is 221 g/mol. The zero-order chi connectivity index (χ0) is 11.7. The topological polar surface area (TPSA) is 29.9 Å². The molecule has 1 aromatic rings. The molecule has 1 aliphatic heterocycles. The van der Waals surface area contributed by atoms with Crippen LogP contribution in [0.15, 0.2) is 0 Å². The first-order valence-electron chi connectivity index (χ1n) is 6.35. The quantitative estimate of drug-likeness (QED) is 0.830. The van der Waals surface area contributed by atoms with Crippen molar-refractivity contribution < 1.29 is 0 Å². The summed E-state index contributed by atoms with van der Waals surface area (Å²) in [4.78, 5) is 0. The third-order valence-corrected chi connectivity index (χ3v) is 3.65. The van der Waals surface area contributed by atoms with Crippen molar-refractivity contribution in [3.05, 3.63) is 17.0 Å². The molecule has 90 valence electrons. The molecule has 0 bridgehead atoms. The summed E-state index contributed by atoms with van der Waals surface area (Å²) in [7, 11) is 2.08. The predicted octanol–water partition coefficient (Wildman–Crippen LogP) is 2.32. The van der Waals surface area contributed by atoms with E-state index in [0.717, 1.165) is 13.1 Å². The summed E-state index contributed by atoms with van der Waals surface area (Å²) in [5.74, 6) is 1.23. The fourth-order valence-corrected chi connectivity index (χ4v) is 2.95. The summed E-state index contributed by atoms with van der Waals surface area (Å²) in [6, 6.07) is 0. The van der Waals surface area contributed by atoms with Crippen molar-refractivity contribution in [2.75, 3.05) is 13.1 Å². The van der Waals surface area contributed by atoms with E-state index in [9.17, 15) is 0 Å². The number of rotatable bonds is 2. The molecule has 0 aliphatic carbocycles. The second kappa shape index (κ2) is 4.58. The Bertz CT molecular complexity index is 359. The molecule has 0 unspecified atom stereocenters. The Kier molecular flexibility index (Phi) is 3.33. The van der Waals surface area contributed by atoms with E-state index in [-0.39, 0.29) is 0 Å². The van der Waals surface area contributed by atoms with Crippen LogP contribution in [-0.4, -0.2) is 22.9 Å². The molecule has 0 radical (unpaired) electrons. The summed E-state index contributed by atoms with van der Waals surface area (Å²) < 4.78 is 2.08. The molecule has 0 aromatic carbocycles. The van der Waals surface area contributed by atoms with Gasteiger partial charge < -0.3 is 5.32 Å². The van der Waals surface area contributed by atoms with Crippen LogP contribution in [0.2, 0.25) is 0 Å². The Morgan fingerprint density at radius 3 is 2.44 bits per heavy atom. The molecule has 0 saturated carbocycles. The van der Waals surface area contributed by atoms with Gasteiger partial charge in [0.25, 0.3) is 0 Å². The molecule has 1 fully saturated rings. The maximum atomic E-state index is 4.74. The van der Waals surface area contributed by atoms with Crippen molar-refractivity contribution in [3.63, 3.8) is 0 Å². The zero-order valence-electron chi connectivity index (χ0n) is 10.9. The average molecular weight is 221 g/mol. The van der Waals surface area contributed by atoms with Gasteiger partial charge in [0, 0.05) is 18.7 Å². The molecule has 0 amide bonds. The second-order valence-electron chi connectivity index (χ2n) is 5.20. The molecule has 0 spiro atoms. The number of nitrogens with one attached hydrogen (secondary N) is 1. The fourth-order valence-electron chi connectivity index (χ4n) is 2.95. The SMILES string of the molecule is Cc1c(C2CCNCC2)nn(C)c1C(C)C. The lowest BCUT2D eigenvalue weighted by Crippen LogP contribution is -2.27. The number of hydrogen-bond donors (Lipinski definition) is 1. The van der Waals surface area contributed by atoms with E-state index in [0.29, 0.717) is 11.8 Å². The molecule has 1 aliphatic rings. The minimum Gasteiger partial charge on any atom is -0.317 e. The minimum atomic E-state index is 0.563. The molecule has 2 rings (SSSR count). The van der Waals surface area contributed by atoms with Crippen LogP contribution in [-0.2, 0) is 7.05 Å². The maximum Gasteiger partial charge on any atom is 0.0688 e. The summed E-state index contributed by atoms with van der Waals surface area (Å²) in [5.41, 5.74) is 4.16. The van der Waals surface area contributed by atoms with Gasteiger partial charge in [-0.3, -0.25) is 4.68 Å². The highest BCUT2D eigenvalue weighted by Gasteiger charge is 2.23. The zero-order valence-corrected chi connectivity index (χ0v) is 10.9. The van der Waals surface area contributed by atoms with E-state index in [1.807, 2.05) is 0 Å². The standard InChI is InChI=1S/C13H23N3/c1-9(2)13-10(3)12(15-16(13)4)11-5-7-14-8-6-11/h9,11,14H,5-8H2,1-4H3. The van der Waals surface area contributed by atoms with Gasteiger partial charge in [0.1, 0.15) is 0 Å². The maximum absolute atomic E-state index is 4.74. The first-order valence-corrected chi connectivity index (χ1v) is 6.35. The Labute approximate surface area is 98.2 Å². The van der Waals surface area contributed by atoms with E-state index >= 15 is 0 Å². The second-order valence-corrected chi connectivity index (χ2v) is 5.20. The molecular weight excluding hydrogens is 198 g/mol. The van der Waals surface area contributed by atoms with Crippen LogP contribution in [0, 0.1) is 6.92 Å². The van der Waals surface area contributed by atoms with Crippen LogP contribution < -0.4 is 5.32 Å². The van der Waals surface area contributed by atoms with Gasteiger partial charge in [-0.25, -0.2) is 0 Å². The van der Waals surface area contributed by atoms with Crippen molar-refractivity contribution in [1.29, 1.82) is 0 Å². The summed E-state index contributed by atoms with van der Waals surface area (Å²) in [5, 5.41) is 8.16. The predicted molar refractivity (Wildman–Crippen MR) is 66.9 cm³/mol. The van der Waals surface area contributed by atoms with Crippen LogP contribution in [0.1, 0.15) is 55.5 Å². The Balaban J connectivity index is 2.30. The van der Waals surface area contributed by atoms with Gasteiger partial charge in [-0.1, -0.05) is 13.8 Å². The van der Waals surface area contributed by atoms with E-state index in [1.54, 1.807) is 0 Å². The fraction of sp³-hybridized carbons (Fsp3) is 0.769. The average Bonchev–Trinajstić information content (AvgIpc) is 2.55. The molecular formula is C13H23N3. The Hall–Kier alpha value is -0.830. The van der Waals surface area contributed by atoms with Crippen molar-refractivity contribution in [3.8, 4) is 0 Å². The number of piperidine rings is 1. The lowest BCUT2D eigenvalue weighted by atomic mass is 9.91. The van der Waals surface area contributed by atoms with Gasteiger partial charge in [-0.05, 0) is 44.3 Å². The molecule has 3 nitrogen and oxygen atoms in total. The lowest BCUT2D eigenvalue weighted by Gasteiger charge is -2.21. The van der Waals surface area contributed by atoms with Gasteiger partial charge in [-0.15, -0.1) is 0 Å².